The number of nitrogens with zero attached hydrogens (tertiary/aromatic N) is 2. The highest BCUT2D eigenvalue weighted by atomic mass is 16.4. The van der Waals surface area contributed by atoms with Crippen LogP contribution in [0.25, 0.3) is 11.1 Å². The van der Waals surface area contributed by atoms with Crippen LogP contribution in [0.4, 0.5) is 0 Å². The normalized spacial score (nSPS) is 10.3. The lowest BCUT2D eigenvalue weighted by molar-refractivity contribution is -0.136. The monoisotopic (exact) mass is 386 g/mol. The molecule has 0 saturated heterocycles. The quantitative estimate of drug-likeness (QED) is 0.595. The molecule has 6 nitrogen and oxygen atoms in total. The number of aliphatic carboxylic acids is 1. The van der Waals surface area contributed by atoms with Crippen LogP contribution in [-0.4, -0.2) is 26.9 Å². The van der Waals surface area contributed by atoms with Gasteiger partial charge in [0.1, 0.15) is 11.8 Å². The summed E-state index contributed by atoms with van der Waals surface area (Å²) in [6.45, 7) is 0. The maximum atomic E-state index is 12.3. The van der Waals surface area contributed by atoms with Crippen LogP contribution in [0.15, 0.2) is 60.7 Å². The number of rotatable bonds is 7. The van der Waals surface area contributed by atoms with E-state index in [4.69, 9.17) is 5.11 Å². The van der Waals surface area contributed by atoms with Gasteiger partial charge < -0.3 is 10.2 Å². The van der Waals surface area contributed by atoms with Gasteiger partial charge in [-0.15, -0.1) is 0 Å². The Kier molecular flexibility index (Phi) is 6.00. The molecule has 0 aliphatic carbocycles. The van der Waals surface area contributed by atoms with Crippen LogP contribution in [0.3, 0.4) is 0 Å². The minimum Gasteiger partial charge on any atom is -0.504 e. The molecule has 0 aliphatic heterocycles. The fourth-order valence-corrected chi connectivity index (χ4v) is 3.07. The third-order valence-electron chi connectivity index (χ3n) is 4.47. The Morgan fingerprint density at radius 1 is 1.00 bits per heavy atom. The van der Waals surface area contributed by atoms with E-state index in [1.165, 1.54) is 6.07 Å². The Hall–Kier alpha value is -3.98. The van der Waals surface area contributed by atoms with Crippen LogP contribution >= 0.6 is 0 Å². The van der Waals surface area contributed by atoms with Gasteiger partial charge in [0.05, 0.1) is 12.0 Å². The van der Waals surface area contributed by atoms with Crippen LogP contribution in [-0.2, 0) is 11.2 Å². The van der Waals surface area contributed by atoms with E-state index in [-0.39, 0.29) is 24.1 Å². The largest absolute Gasteiger partial charge is 0.504 e. The Labute approximate surface area is 167 Å². The molecular formula is C23H18N2O4. The number of carboxylic acids is 1. The topological polar surface area (TPSA) is 111 Å². The number of benzene rings is 2. The van der Waals surface area contributed by atoms with Crippen molar-refractivity contribution in [2.45, 2.75) is 19.3 Å². The fourth-order valence-electron chi connectivity index (χ4n) is 3.07. The average Bonchev–Trinajstić information content (AvgIpc) is 2.74. The molecule has 0 atom stereocenters. The molecule has 0 radical (unpaired) electrons. The van der Waals surface area contributed by atoms with Gasteiger partial charge in [-0.05, 0) is 22.8 Å². The van der Waals surface area contributed by atoms with E-state index in [0.29, 0.717) is 12.1 Å². The molecular weight excluding hydrogens is 368 g/mol. The highest BCUT2D eigenvalue weighted by molar-refractivity contribution is 5.98. The van der Waals surface area contributed by atoms with Gasteiger partial charge >= 0.3 is 5.97 Å². The zero-order valence-corrected chi connectivity index (χ0v) is 15.5. The second kappa shape index (κ2) is 8.81. The minimum absolute atomic E-state index is 0.0640. The summed E-state index contributed by atoms with van der Waals surface area (Å²) >= 11 is 0. The van der Waals surface area contributed by atoms with E-state index in [1.807, 2.05) is 60.7 Å². The first kappa shape index (κ1) is 19.8. The number of Topliss-reactive ketones (excluding diaryl/α,β-unsaturated/α-hetero) is 1. The second-order valence-corrected chi connectivity index (χ2v) is 6.49. The summed E-state index contributed by atoms with van der Waals surface area (Å²) in [7, 11) is 0. The highest BCUT2D eigenvalue weighted by Gasteiger charge is 2.20. The SMILES string of the molecule is N#Cc1cc(Cc2ccccc2-c2ccccc2)nc(C(=O)CCC(=O)O)c1O. The molecule has 0 amide bonds. The zero-order valence-electron chi connectivity index (χ0n) is 15.5. The summed E-state index contributed by atoms with van der Waals surface area (Å²) in [6, 6.07) is 20.9. The van der Waals surface area contributed by atoms with Gasteiger partial charge in [-0.2, -0.15) is 5.26 Å². The van der Waals surface area contributed by atoms with Crippen molar-refractivity contribution in [3.05, 3.63) is 83.2 Å². The standard InChI is InChI=1S/C23H18N2O4/c24-14-17-13-18(25-22(23(17)29)20(26)10-11-21(27)28)12-16-8-4-5-9-19(16)15-6-2-1-3-7-15/h1-9,13,29H,10-12H2,(H,27,28). The Bertz CT molecular complexity index is 1100. The van der Waals surface area contributed by atoms with Crippen molar-refractivity contribution in [3.63, 3.8) is 0 Å². The van der Waals surface area contributed by atoms with Crippen LogP contribution in [0, 0.1) is 11.3 Å². The summed E-state index contributed by atoms with van der Waals surface area (Å²) in [6.07, 6.45) is -0.326. The third-order valence-corrected chi connectivity index (χ3v) is 4.47. The lowest BCUT2D eigenvalue weighted by atomic mass is 9.96. The number of carbonyl (C=O) groups excluding carboxylic acids is 1. The van der Waals surface area contributed by atoms with Crippen molar-refractivity contribution in [1.82, 2.24) is 4.98 Å². The van der Waals surface area contributed by atoms with Gasteiger partial charge in [0.25, 0.3) is 0 Å². The summed E-state index contributed by atoms with van der Waals surface area (Å²) in [5.74, 6) is -2.24. The molecule has 1 heterocycles. The zero-order chi connectivity index (χ0) is 20.8. The summed E-state index contributed by atoms with van der Waals surface area (Å²) < 4.78 is 0. The maximum Gasteiger partial charge on any atom is 0.303 e. The van der Waals surface area contributed by atoms with Gasteiger partial charge in [0, 0.05) is 18.5 Å². The number of hydrogen-bond acceptors (Lipinski definition) is 5. The first-order valence-electron chi connectivity index (χ1n) is 9.01. The molecule has 0 unspecified atom stereocenters. The van der Waals surface area contributed by atoms with Crippen molar-refractivity contribution in [1.29, 1.82) is 5.26 Å². The van der Waals surface area contributed by atoms with Crippen LogP contribution in [0.1, 0.15) is 40.2 Å². The minimum atomic E-state index is -1.12. The third kappa shape index (κ3) is 4.66. The Balaban J connectivity index is 1.99. The van der Waals surface area contributed by atoms with Crippen molar-refractivity contribution in [2.24, 2.45) is 0 Å². The molecule has 1 aromatic heterocycles. The molecule has 0 saturated carbocycles. The van der Waals surface area contributed by atoms with Gasteiger partial charge in [0.2, 0.25) is 0 Å². The van der Waals surface area contributed by atoms with E-state index in [9.17, 15) is 20.0 Å². The van der Waals surface area contributed by atoms with Crippen LogP contribution < -0.4 is 0 Å². The molecule has 29 heavy (non-hydrogen) atoms. The van der Waals surface area contributed by atoms with Crippen molar-refractivity contribution < 1.29 is 19.8 Å². The number of aromatic nitrogens is 1. The molecule has 0 spiro atoms. The first-order chi connectivity index (χ1) is 14.0. The number of ketones is 1. The average molecular weight is 386 g/mol. The summed E-state index contributed by atoms with van der Waals surface area (Å²) in [5, 5.41) is 28.3. The van der Waals surface area contributed by atoms with E-state index in [2.05, 4.69) is 4.98 Å². The first-order valence-corrected chi connectivity index (χ1v) is 9.01. The smallest absolute Gasteiger partial charge is 0.303 e. The van der Waals surface area contributed by atoms with Gasteiger partial charge in [-0.1, -0.05) is 54.6 Å². The molecule has 6 heteroatoms. The lowest BCUT2D eigenvalue weighted by Crippen LogP contribution is -2.09. The lowest BCUT2D eigenvalue weighted by Gasteiger charge is -2.12. The second-order valence-electron chi connectivity index (χ2n) is 6.49. The maximum absolute atomic E-state index is 12.3. The van der Waals surface area contributed by atoms with Crippen LogP contribution in [0.2, 0.25) is 0 Å². The molecule has 0 fully saturated rings. The predicted octanol–water partition coefficient (Wildman–Crippen LogP) is 3.96. The van der Waals surface area contributed by atoms with Gasteiger partial charge in [0.15, 0.2) is 11.5 Å². The van der Waals surface area contributed by atoms with Gasteiger partial charge in [-0.3, -0.25) is 9.59 Å². The van der Waals surface area contributed by atoms with E-state index in [1.54, 1.807) is 0 Å². The number of aromatic hydroxyl groups is 1. The highest BCUT2D eigenvalue weighted by Crippen LogP contribution is 2.28. The number of carbonyl (C=O) groups is 2. The number of hydrogen-bond donors (Lipinski definition) is 2. The van der Waals surface area contributed by atoms with E-state index >= 15 is 0 Å². The number of pyridine rings is 1. The molecule has 3 rings (SSSR count). The molecule has 144 valence electrons. The van der Waals surface area contributed by atoms with Gasteiger partial charge in [-0.25, -0.2) is 4.98 Å². The molecule has 2 N–H and O–H groups in total. The van der Waals surface area contributed by atoms with Crippen LogP contribution in [0.5, 0.6) is 5.75 Å². The predicted molar refractivity (Wildman–Crippen MR) is 107 cm³/mol. The fraction of sp³-hybridized carbons (Fsp3) is 0.130. The summed E-state index contributed by atoms with van der Waals surface area (Å²) in [4.78, 5) is 27.3. The van der Waals surface area contributed by atoms with E-state index in [0.717, 1.165) is 16.7 Å². The molecule has 0 bridgehead atoms. The molecule has 2 aromatic carbocycles. The van der Waals surface area contributed by atoms with Crippen molar-refractivity contribution in [2.75, 3.05) is 0 Å². The summed E-state index contributed by atoms with van der Waals surface area (Å²) in [5.41, 5.74) is 3.09. The number of nitriles is 1. The number of carboxylic acid groups (broad SMARTS) is 1. The van der Waals surface area contributed by atoms with Crippen molar-refractivity contribution >= 4 is 11.8 Å². The van der Waals surface area contributed by atoms with E-state index < -0.39 is 17.5 Å². The molecule has 0 aliphatic rings. The van der Waals surface area contributed by atoms with Crippen molar-refractivity contribution in [3.8, 4) is 22.9 Å². The molecule has 3 aromatic rings. The Morgan fingerprint density at radius 3 is 2.38 bits per heavy atom. The Morgan fingerprint density at radius 2 is 1.69 bits per heavy atom.